The lowest BCUT2D eigenvalue weighted by molar-refractivity contribution is -0.148. The minimum Gasteiger partial charge on any atom is -0.481 e. The molecule has 2 bridgehead atoms. The topological polar surface area (TPSA) is 75.6 Å². The molecule has 5 heteroatoms. The van der Waals surface area contributed by atoms with Crippen molar-refractivity contribution in [3.8, 4) is 0 Å². The molecule has 1 heterocycles. The molecule has 90 valence electrons. The van der Waals surface area contributed by atoms with E-state index in [9.17, 15) is 9.59 Å². The van der Waals surface area contributed by atoms with E-state index < -0.39 is 5.97 Å². The Balaban J connectivity index is 2.07. The molecule has 1 saturated carbocycles. The molecular weight excluding hydrogens is 210 g/mol. The fraction of sp³-hybridized carbons (Fsp3) is 0.818. The first-order valence-electron chi connectivity index (χ1n) is 5.65. The quantitative estimate of drug-likeness (QED) is 0.709. The molecule has 2 fully saturated rings. The summed E-state index contributed by atoms with van der Waals surface area (Å²) >= 11 is 0. The smallest absolute Gasteiger partial charge is 0.306 e. The Morgan fingerprint density at radius 2 is 1.81 bits per heavy atom. The van der Waals surface area contributed by atoms with Gasteiger partial charge in [0.2, 0.25) is 5.91 Å². The predicted octanol–water partition coefficient (Wildman–Crippen LogP) is 0.248. The molecule has 16 heavy (non-hydrogen) atoms. The van der Waals surface area contributed by atoms with Crippen LogP contribution in [0, 0.1) is 17.8 Å². The first-order valence-corrected chi connectivity index (χ1v) is 5.65. The van der Waals surface area contributed by atoms with E-state index in [4.69, 9.17) is 9.84 Å². The van der Waals surface area contributed by atoms with Crippen molar-refractivity contribution >= 4 is 11.9 Å². The highest BCUT2D eigenvalue weighted by molar-refractivity contribution is 5.73. The van der Waals surface area contributed by atoms with Crippen LogP contribution in [0.1, 0.15) is 19.8 Å². The van der Waals surface area contributed by atoms with E-state index in [1.165, 1.54) is 6.92 Å². The van der Waals surface area contributed by atoms with Gasteiger partial charge in [-0.25, -0.2) is 0 Å². The van der Waals surface area contributed by atoms with Gasteiger partial charge in [0.25, 0.3) is 0 Å². The lowest BCUT2D eigenvalue weighted by Gasteiger charge is -2.44. The molecule has 1 saturated heterocycles. The van der Waals surface area contributed by atoms with Gasteiger partial charge in [0.15, 0.2) is 0 Å². The lowest BCUT2D eigenvalue weighted by Crippen LogP contribution is -2.55. The molecule has 0 aromatic carbocycles. The van der Waals surface area contributed by atoms with E-state index in [0.29, 0.717) is 26.1 Å². The number of rotatable bonds is 2. The van der Waals surface area contributed by atoms with Crippen molar-refractivity contribution in [2.75, 3.05) is 13.2 Å². The van der Waals surface area contributed by atoms with Crippen molar-refractivity contribution in [3.05, 3.63) is 0 Å². The number of amides is 1. The number of aliphatic carboxylic acids is 1. The summed E-state index contributed by atoms with van der Waals surface area (Å²) in [7, 11) is 0. The molecule has 0 radical (unpaired) electrons. The first kappa shape index (κ1) is 11.4. The minimum atomic E-state index is -0.724. The Bertz CT molecular complexity index is 290. The Morgan fingerprint density at radius 3 is 2.25 bits per heavy atom. The molecule has 0 aromatic heterocycles. The van der Waals surface area contributed by atoms with Crippen LogP contribution in [-0.2, 0) is 14.3 Å². The summed E-state index contributed by atoms with van der Waals surface area (Å²) in [6.07, 6.45) is 1.22. The first-order chi connectivity index (χ1) is 7.58. The average Bonchev–Trinajstić information content (AvgIpc) is 2.15. The van der Waals surface area contributed by atoms with Crippen molar-refractivity contribution in [2.24, 2.45) is 17.8 Å². The number of carbonyl (C=O) groups excluding carboxylic acids is 1. The maximum absolute atomic E-state index is 11.1. The molecule has 5 nitrogen and oxygen atoms in total. The van der Waals surface area contributed by atoms with Crippen molar-refractivity contribution < 1.29 is 19.4 Å². The Labute approximate surface area is 94.2 Å². The number of carboxylic acids is 1. The maximum Gasteiger partial charge on any atom is 0.306 e. The number of carbonyl (C=O) groups is 2. The average molecular weight is 227 g/mol. The summed E-state index contributed by atoms with van der Waals surface area (Å²) in [6, 6.07) is 0.0989. The second-order valence-electron chi connectivity index (χ2n) is 4.79. The fourth-order valence-electron chi connectivity index (χ4n) is 2.89. The second kappa shape index (κ2) is 4.41. The molecule has 0 aromatic rings. The van der Waals surface area contributed by atoms with Crippen LogP contribution in [-0.4, -0.2) is 36.2 Å². The van der Waals surface area contributed by atoms with Crippen LogP contribution in [0.25, 0.3) is 0 Å². The van der Waals surface area contributed by atoms with Gasteiger partial charge in [-0.1, -0.05) is 0 Å². The lowest BCUT2D eigenvalue weighted by atomic mass is 9.70. The van der Waals surface area contributed by atoms with Gasteiger partial charge in [0.05, 0.1) is 19.1 Å². The zero-order valence-electron chi connectivity index (χ0n) is 9.31. The van der Waals surface area contributed by atoms with Gasteiger partial charge in [-0.2, -0.15) is 0 Å². The van der Waals surface area contributed by atoms with E-state index in [0.717, 1.165) is 0 Å². The van der Waals surface area contributed by atoms with Gasteiger partial charge in [-0.05, 0) is 12.8 Å². The SMILES string of the molecule is CC(=O)NC1C2COCC1CC(C(=O)O)C2. The largest absolute Gasteiger partial charge is 0.481 e. The summed E-state index contributed by atoms with van der Waals surface area (Å²) < 4.78 is 5.43. The highest BCUT2D eigenvalue weighted by Gasteiger charge is 2.43. The maximum atomic E-state index is 11.1. The predicted molar refractivity (Wildman–Crippen MR) is 55.8 cm³/mol. The molecule has 2 atom stereocenters. The van der Waals surface area contributed by atoms with Crippen LogP contribution in [0.15, 0.2) is 0 Å². The molecule has 1 amide bonds. The third-order valence-electron chi connectivity index (χ3n) is 3.57. The number of ether oxygens (including phenoxy) is 1. The van der Waals surface area contributed by atoms with Crippen LogP contribution in [0.5, 0.6) is 0 Å². The van der Waals surface area contributed by atoms with E-state index >= 15 is 0 Å². The number of carboxylic acid groups (broad SMARTS) is 1. The third-order valence-corrected chi connectivity index (χ3v) is 3.57. The second-order valence-corrected chi connectivity index (χ2v) is 4.79. The Kier molecular flexibility index (Phi) is 3.14. The number of fused-ring (bicyclic) bond motifs is 2. The summed E-state index contributed by atoms with van der Waals surface area (Å²) in [5, 5.41) is 12.0. The van der Waals surface area contributed by atoms with Gasteiger partial charge < -0.3 is 15.2 Å². The molecule has 2 N–H and O–H groups in total. The third kappa shape index (κ3) is 2.19. The highest BCUT2D eigenvalue weighted by Crippen LogP contribution is 2.37. The summed E-state index contributed by atoms with van der Waals surface area (Å²) in [4.78, 5) is 22.1. The Hall–Kier alpha value is -1.10. The normalized spacial score (nSPS) is 37.8. The number of nitrogens with one attached hydrogen (secondary N) is 1. The molecule has 0 spiro atoms. The van der Waals surface area contributed by atoms with E-state index in [2.05, 4.69) is 5.32 Å². The van der Waals surface area contributed by atoms with Crippen molar-refractivity contribution in [2.45, 2.75) is 25.8 Å². The van der Waals surface area contributed by atoms with E-state index in [-0.39, 0.29) is 29.7 Å². The van der Waals surface area contributed by atoms with Crippen molar-refractivity contribution in [1.82, 2.24) is 5.32 Å². The van der Waals surface area contributed by atoms with Crippen molar-refractivity contribution in [1.29, 1.82) is 0 Å². The van der Waals surface area contributed by atoms with Crippen LogP contribution in [0.4, 0.5) is 0 Å². The van der Waals surface area contributed by atoms with Crippen LogP contribution in [0.3, 0.4) is 0 Å². The van der Waals surface area contributed by atoms with E-state index in [1.807, 2.05) is 0 Å². The molecule has 2 aliphatic rings. The zero-order chi connectivity index (χ0) is 11.7. The van der Waals surface area contributed by atoms with Crippen LogP contribution >= 0.6 is 0 Å². The monoisotopic (exact) mass is 227 g/mol. The van der Waals surface area contributed by atoms with Gasteiger partial charge in [-0.3, -0.25) is 9.59 Å². The Morgan fingerprint density at radius 1 is 1.25 bits per heavy atom. The zero-order valence-corrected chi connectivity index (χ0v) is 9.31. The summed E-state index contributed by atoms with van der Waals surface area (Å²) in [5.74, 6) is -0.743. The van der Waals surface area contributed by atoms with Gasteiger partial charge in [0.1, 0.15) is 0 Å². The van der Waals surface area contributed by atoms with E-state index in [1.54, 1.807) is 0 Å². The molecule has 2 rings (SSSR count). The standard InChI is InChI=1S/C11H17NO4/c1-6(13)12-10-8-2-7(11(14)15)3-9(10)5-16-4-8/h7-10H,2-5H2,1H3,(H,12,13)(H,14,15). The van der Waals surface area contributed by atoms with Crippen molar-refractivity contribution in [3.63, 3.8) is 0 Å². The minimum absolute atomic E-state index is 0.0457. The molecular formula is C11H17NO4. The van der Waals surface area contributed by atoms with Gasteiger partial charge >= 0.3 is 5.97 Å². The number of hydrogen-bond donors (Lipinski definition) is 2. The number of hydrogen-bond acceptors (Lipinski definition) is 3. The van der Waals surface area contributed by atoms with Crippen LogP contribution in [0.2, 0.25) is 0 Å². The summed E-state index contributed by atoms with van der Waals surface area (Å²) in [6.45, 7) is 2.62. The molecule has 1 aliphatic carbocycles. The summed E-state index contributed by atoms with van der Waals surface area (Å²) in [5.41, 5.74) is 0. The van der Waals surface area contributed by atoms with Gasteiger partial charge in [-0.15, -0.1) is 0 Å². The van der Waals surface area contributed by atoms with Crippen LogP contribution < -0.4 is 5.32 Å². The fourth-order valence-corrected chi connectivity index (χ4v) is 2.89. The molecule has 1 aliphatic heterocycles. The van der Waals surface area contributed by atoms with Gasteiger partial charge in [0, 0.05) is 24.8 Å². The highest BCUT2D eigenvalue weighted by atomic mass is 16.5. The molecule has 2 unspecified atom stereocenters.